The van der Waals surface area contributed by atoms with Crippen LogP contribution in [0.1, 0.15) is 5.56 Å². The van der Waals surface area contributed by atoms with Crippen molar-refractivity contribution >= 4 is 23.5 Å². The fraction of sp³-hybridized carbons (Fsp3) is 0. The second-order valence-corrected chi connectivity index (χ2v) is 7.82. The van der Waals surface area contributed by atoms with Crippen molar-refractivity contribution in [3.05, 3.63) is 118 Å². The van der Waals surface area contributed by atoms with E-state index >= 15 is 0 Å². The van der Waals surface area contributed by atoms with Gasteiger partial charge in [-0.15, -0.1) is 0 Å². The van der Waals surface area contributed by atoms with E-state index in [0.29, 0.717) is 5.69 Å². The first-order valence-corrected chi connectivity index (χ1v) is 10.9. The van der Waals surface area contributed by atoms with Crippen molar-refractivity contribution in [2.45, 2.75) is 0 Å². The van der Waals surface area contributed by atoms with Gasteiger partial charge in [-0.3, -0.25) is 10.2 Å². The number of hydrogen-bond acceptors (Lipinski definition) is 5. The maximum absolute atomic E-state index is 11.5. The third kappa shape index (κ3) is 4.51. The van der Waals surface area contributed by atoms with E-state index in [2.05, 4.69) is 51.1 Å². The molecule has 0 unspecified atom stereocenters. The number of anilines is 1. The average Bonchev–Trinajstić information content (AvgIpc) is 3.34. The van der Waals surface area contributed by atoms with E-state index in [0.717, 1.165) is 33.8 Å². The van der Waals surface area contributed by atoms with Crippen LogP contribution in [-0.2, 0) is 0 Å². The molecule has 0 saturated carbocycles. The van der Waals surface area contributed by atoms with E-state index in [-0.39, 0.29) is 5.02 Å². The second kappa shape index (κ2) is 9.56. The molecular weight excluding hydrogens is 448 g/mol. The molecule has 2 N–H and O–H groups in total. The standard InChI is InChI=1S/C26H19ClN6O/c27-25-23(17-29-31-26(25)34)30-28-16-18-11-13-21(14-12-18)33-24(20-9-5-2-6-10-20)15-22(32-33)19-7-3-1-4-8-19/h1-17H,(H2,30,31,34)/b28-16-. The topological polar surface area (TPSA) is 88.0 Å². The Hall–Kier alpha value is -4.49. The molecule has 166 valence electrons. The number of aromatic nitrogens is 4. The van der Waals surface area contributed by atoms with Gasteiger partial charge < -0.3 is 0 Å². The van der Waals surface area contributed by atoms with E-state index in [1.54, 1.807) is 6.21 Å². The van der Waals surface area contributed by atoms with Crippen LogP contribution >= 0.6 is 11.6 Å². The molecule has 34 heavy (non-hydrogen) atoms. The molecule has 0 aliphatic heterocycles. The van der Waals surface area contributed by atoms with Crippen LogP contribution in [0.15, 0.2) is 107 Å². The summed E-state index contributed by atoms with van der Waals surface area (Å²) in [6.07, 6.45) is 3.04. The van der Waals surface area contributed by atoms with Gasteiger partial charge >= 0.3 is 0 Å². The van der Waals surface area contributed by atoms with Crippen LogP contribution < -0.4 is 11.0 Å². The minimum absolute atomic E-state index is 0.00356. The van der Waals surface area contributed by atoms with Crippen molar-refractivity contribution in [2.75, 3.05) is 5.43 Å². The zero-order valence-corrected chi connectivity index (χ0v) is 18.6. The van der Waals surface area contributed by atoms with E-state index in [1.165, 1.54) is 6.20 Å². The molecule has 3 aromatic carbocycles. The molecule has 0 atom stereocenters. The zero-order chi connectivity index (χ0) is 23.3. The number of halogens is 1. The lowest BCUT2D eigenvalue weighted by Crippen LogP contribution is -2.10. The molecule has 0 bridgehead atoms. The summed E-state index contributed by atoms with van der Waals surface area (Å²) in [5, 5.41) is 15.0. The number of benzene rings is 3. The molecule has 0 spiro atoms. The maximum atomic E-state index is 11.5. The fourth-order valence-electron chi connectivity index (χ4n) is 3.48. The molecule has 5 aromatic rings. The summed E-state index contributed by atoms with van der Waals surface area (Å²) in [7, 11) is 0. The highest BCUT2D eigenvalue weighted by Gasteiger charge is 2.13. The van der Waals surface area contributed by atoms with E-state index in [9.17, 15) is 4.79 Å². The first kappa shape index (κ1) is 21.4. The van der Waals surface area contributed by atoms with Crippen molar-refractivity contribution in [3.8, 4) is 28.2 Å². The Morgan fingerprint density at radius 1 is 0.912 bits per heavy atom. The Morgan fingerprint density at radius 2 is 1.59 bits per heavy atom. The van der Waals surface area contributed by atoms with Gasteiger partial charge in [0, 0.05) is 11.1 Å². The predicted octanol–water partition coefficient (Wildman–Crippen LogP) is 5.39. The van der Waals surface area contributed by atoms with Gasteiger partial charge in [-0.1, -0.05) is 84.4 Å². The Kier molecular flexibility index (Phi) is 6.01. The van der Waals surface area contributed by atoms with Crippen LogP contribution in [-0.4, -0.2) is 26.2 Å². The number of hydrazone groups is 1. The van der Waals surface area contributed by atoms with Gasteiger partial charge in [0.15, 0.2) is 0 Å². The second-order valence-electron chi connectivity index (χ2n) is 7.45. The predicted molar refractivity (Wildman–Crippen MR) is 136 cm³/mol. The highest BCUT2D eigenvalue weighted by molar-refractivity contribution is 6.32. The van der Waals surface area contributed by atoms with Crippen molar-refractivity contribution in [1.82, 2.24) is 20.0 Å². The molecule has 0 aliphatic carbocycles. The SMILES string of the molecule is O=c1[nH]ncc(N/N=C\c2ccc(-n3nc(-c4ccccc4)cc3-c3ccccc3)cc2)c1Cl. The fourth-order valence-corrected chi connectivity index (χ4v) is 3.62. The lowest BCUT2D eigenvalue weighted by molar-refractivity contribution is 0.892. The number of rotatable bonds is 6. The van der Waals surface area contributed by atoms with Crippen LogP contribution in [0.25, 0.3) is 28.2 Å². The summed E-state index contributed by atoms with van der Waals surface area (Å²) in [6.45, 7) is 0. The third-order valence-electron chi connectivity index (χ3n) is 5.18. The number of hydrogen-bond donors (Lipinski definition) is 2. The smallest absolute Gasteiger partial charge is 0.275 e. The summed E-state index contributed by atoms with van der Waals surface area (Å²) >= 11 is 5.95. The van der Waals surface area contributed by atoms with Gasteiger partial charge in [0.1, 0.15) is 10.7 Å². The van der Waals surface area contributed by atoms with Gasteiger partial charge in [-0.25, -0.2) is 9.78 Å². The van der Waals surface area contributed by atoms with Crippen LogP contribution in [0.5, 0.6) is 0 Å². The molecule has 0 radical (unpaired) electrons. The molecule has 2 aromatic heterocycles. The summed E-state index contributed by atoms with van der Waals surface area (Å²) in [5.41, 5.74) is 8.41. The highest BCUT2D eigenvalue weighted by Crippen LogP contribution is 2.28. The van der Waals surface area contributed by atoms with Crippen molar-refractivity contribution in [2.24, 2.45) is 5.10 Å². The number of aromatic amines is 1. The molecule has 0 aliphatic rings. The summed E-state index contributed by atoms with van der Waals surface area (Å²) in [4.78, 5) is 11.5. The maximum Gasteiger partial charge on any atom is 0.285 e. The van der Waals surface area contributed by atoms with E-state index < -0.39 is 5.56 Å². The van der Waals surface area contributed by atoms with Crippen molar-refractivity contribution in [1.29, 1.82) is 0 Å². The molecular formula is C26H19ClN6O. The summed E-state index contributed by atoms with van der Waals surface area (Å²) in [5.74, 6) is 0. The van der Waals surface area contributed by atoms with E-state index in [1.807, 2.05) is 65.3 Å². The Morgan fingerprint density at radius 3 is 2.29 bits per heavy atom. The minimum atomic E-state index is -0.477. The first-order chi connectivity index (χ1) is 16.7. The average molecular weight is 467 g/mol. The first-order valence-electron chi connectivity index (χ1n) is 10.5. The quantitative estimate of drug-likeness (QED) is 0.259. The van der Waals surface area contributed by atoms with Crippen molar-refractivity contribution in [3.63, 3.8) is 0 Å². The summed E-state index contributed by atoms with van der Waals surface area (Å²) in [6, 6.07) is 30.2. The van der Waals surface area contributed by atoms with Crippen molar-refractivity contribution < 1.29 is 0 Å². The van der Waals surface area contributed by atoms with Gasteiger partial charge in [-0.2, -0.15) is 15.3 Å². The number of nitrogens with one attached hydrogen (secondary N) is 2. The van der Waals surface area contributed by atoms with E-state index in [4.69, 9.17) is 16.7 Å². The molecule has 0 fully saturated rings. The minimum Gasteiger partial charge on any atom is -0.275 e. The Balaban J connectivity index is 1.44. The van der Waals surface area contributed by atoms with Gasteiger partial charge in [0.2, 0.25) is 0 Å². The van der Waals surface area contributed by atoms with Gasteiger partial charge in [0.05, 0.1) is 29.5 Å². The lowest BCUT2D eigenvalue weighted by Gasteiger charge is -2.08. The largest absolute Gasteiger partial charge is 0.285 e. The molecule has 0 saturated heterocycles. The molecule has 5 rings (SSSR count). The Bertz CT molecular complexity index is 1490. The van der Waals surface area contributed by atoms with Crippen LogP contribution in [0.4, 0.5) is 5.69 Å². The molecule has 8 heteroatoms. The lowest BCUT2D eigenvalue weighted by atomic mass is 10.1. The molecule has 7 nitrogen and oxygen atoms in total. The highest BCUT2D eigenvalue weighted by atomic mass is 35.5. The van der Waals surface area contributed by atoms with Crippen LogP contribution in [0, 0.1) is 0 Å². The molecule has 2 heterocycles. The van der Waals surface area contributed by atoms with Crippen LogP contribution in [0.2, 0.25) is 5.02 Å². The summed E-state index contributed by atoms with van der Waals surface area (Å²) < 4.78 is 1.94. The normalized spacial score (nSPS) is 11.1. The number of H-pyrrole nitrogens is 1. The van der Waals surface area contributed by atoms with Gasteiger partial charge in [-0.05, 0) is 23.8 Å². The number of nitrogens with zero attached hydrogens (tertiary/aromatic N) is 4. The molecule has 0 amide bonds. The Labute approximate surface area is 200 Å². The third-order valence-corrected chi connectivity index (χ3v) is 5.56. The van der Waals surface area contributed by atoms with Crippen LogP contribution in [0.3, 0.4) is 0 Å². The monoisotopic (exact) mass is 466 g/mol. The zero-order valence-electron chi connectivity index (χ0n) is 17.9. The van der Waals surface area contributed by atoms with Gasteiger partial charge in [0.25, 0.3) is 5.56 Å².